The largest absolute Gasteiger partial charge is 0.360 e. The van der Waals surface area contributed by atoms with Gasteiger partial charge in [0.25, 0.3) is 10.0 Å². The van der Waals surface area contributed by atoms with Crippen molar-refractivity contribution in [2.24, 2.45) is 0 Å². The third kappa shape index (κ3) is 3.99. The molecule has 0 amide bonds. The van der Waals surface area contributed by atoms with Crippen LogP contribution in [0.15, 0.2) is 77.8 Å². The number of para-hydroxylation sites is 1. The van der Waals surface area contributed by atoms with E-state index < -0.39 is 15.8 Å². The van der Waals surface area contributed by atoms with Gasteiger partial charge in [-0.2, -0.15) is 0 Å². The highest BCUT2D eigenvalue weighted by Gasteiger charge is 2.40. The van der Waals surface area contributed by atoms with Gasteiger partial charge in [-0.05, 0) is 50.1 Å². The van der Waals surface area contributed by atoms with E-state index in [0.29, 0.717) is 11.3 Å². The van der Waals surface area contributed by atoms with Gasteiger partial charge >= 0.3 is 0 Å². The summed E-state index contributed by atoms with van der Waals surface area (Å²) in [5, 5.41) is 3.03. The van der Waals surface area contributed by atoms with Crippen LogP contribution < -0.4 is 9.62 Å². The van der Waals surface area contributed by atoms with E-state index in [9.17, 15) is 13.2 Å². The van der Waals surface area contributed by atoms with Crippen molar-refractivity contribution in [1.82, 2.24) is 0 Å². The predicted molar refractivity (Wildman–Crippen MR) is 125 cm³/mol. The molecule has 0 aliphatic carbocycles. The molecule has 158 valence electrons. The molecule has 0 unspecified atom stereocenters. The van der Waals surface area contributed by atoms with Crippen LogP contribution in [0, 0.1) is 20.8 Å². The van der Waals surface area contributed by atoms with Gasteiger partial charge in [-0.3, -0.25) is 9.10 Å². The third-order valence-corrected chi connectivity index (χ3v) is 7.12. The third-order valence-electron chi connectivity index (χ3n) is 5.36. The highest BCUT2D eigenvalue weighted by atomic mass is 32.2. The van der Waals surface area contributed by atoms with Crippen molar-refractivity contribution in [3.05, 3.63) is 106 Å². The van der Waals surface area contributed by atoms with E-state index in [0.717, 1.165) is 27.9 Å². The van der Waals surface area contributed by atoms with Crippen molar-refractivity contribution in [2.45, 2.75) is 27.3 Å². The summed E-state index contributed by atoms with van der Waals surface area (Å²) in [6, 6.07) is 20.3. The van der Waals surface area contributed by atoms with Crippen LogP contribution in [0.3, 0.4) is 0 Å². The van der Waals surface area contributed by atoms with Crippen LogP contribution in [0.25, 0.3) is 0 Å². The molecule has 0 saturated carbocycles. The van der Waals surface area contributed by atoms with Crippen LogP contribution in [0.2, 0.25) is 0 Å². The molecule has 5 nitrogen and oxygen atoms in total. The van der Waals surface area contributed by atoms with Crippen LogP contribution in [0.5, 0.6) is 0 Å². The van der Waals surface area contributed by atoms with Crippen LogP contribution in [-0.4, -0.2) is 14.2 Å². The Balaban J connectivity index is 1.79. The minimum Gasteiger partial charge on any atom is -0.360 e. The number of carbonyl (C=O) groups excluding carboxylic acids is 1. The minimum atomic E-state index is -4.05. The Labute approximate surface area is 183 Å². The summed E-state index contributed by atoms with van der Waals surface area (Å²) in [4.78, 5) is 12.9. The predicted octanol–water partition coefficient (Wildman–Crippen LogP) is 5.10. The van der Waals surface area contributed by atoms with Gasteiger partial charge in [0, 0.05) is 17.5 Å². The van der Waals surface area contributed by atoms with E-state index in [4.69, 9.17) is 0 Å². The van der Waals surface area contributed by atoms with Crippen molar-refractivity contribution < 1.29 is 13.2 Å². The molecule has 1 aliphatic heterocycles. The molecular formula is C25H24N2O3S. The lowest BCUT2D eigenvalue weighted by molar-refractivity contribution is 0.104. The smallest absolute Gasteiger partial charge is 0.270 e. The molecule has 31 heavy (non-hydrogen) atoms. The number of nitrogens with zero attached hydrogens (tertiary/aromatic N) is 1. The van der Waals surface area contributed by atoms with Gasteiger partial charge in [0.1, 0.15) is 0 Å². The molecule has 3 aromatic carbocycles. The first-order valence-corrected chi connectivity index (χ1v) is 11.5. The summed E-state index contributed by atoms with van der Waals surface area (Å²) in [5.41, 5.74) is 5.50. The molecular weight excluding hydrogens is 408 g/mol. The van der Waals surface area contributed by atoms with Crippen LogP contribution >= 0.6 is 0 Å². The Hall–Kier alpha value is -3.38. The molecule has 3 aromatic rings. The fourth-order valence-electron chi connectivity index (χ4n) is 3.79. The highest BCUT2D eigenvalue weighted by Crippen LogP contribution is 2.36. The van der Waals surface area contributed by atoms with E-state index in [1.54, 1.807) is 24.3 Å². The maximum Gasteiger partial charge on any atom is 0.270 e. The Morgan fingerprint density at radius 1 is 0.903 bits per heavy atom. The summed E-state index contributed by atoms with van der Waals surface area (Å²) in [5.74, 6) is -0.506. The first-order valence-electron chi connectivity index (χ1n) is 10.0. The second-order valence-corrected chi connectivity index (χ2v) is 9.65. The second-order valence-electron chi connectivity index (χ2n) is 7.82. The van der Waals surface area contributed by atoms with Crippen LogP contribution in [-0.2, 0) is 16.6 Å². The zero-order chi connectivity index (χ0) is 22.2. The number of allylic oxidation sites excluding steroid dienone is 1. The molecule has 1 heterocycles. The van der Waals surface area contributed by atoms with Crippen molar-refractivity contribution in [3.63, 3.8) is 0 Å². The van der Waals surface area contributed by atoms with Gasteiger partial charge in [0.2, 0.25) is 5.78 Å². The molecule has 0 radical (unpaired) electrons. The first kappa shape index (κ1) is 20.9. The molecule has 0 atom stereocenters. The lowest BCUT2D eigenvalue weighted by Gasteiger charge is -2.31. The second kappa shape index (κ2) is 8.04. The van der Waals surface area contributed by atoms with Crippen LogP contribution in [0.4, 0.5) is 11.4 Å². The summed E-state index contributed by atoms with van der Waals surface area (Å²) in [7, 11) is -4.05. The number of benzene rings is 3. The van der Waals surface area contributed by atoms with Gasteiger partial charge in [0.05, 0.1) is 12.2 Å². The maximum atomic E-state index is 13.5. The number of carbonyl (C=O) groups is 1. The Kier molecular flexibility index (Phi) is 5.41. The SMILES string of the molecule is Cc1cccc(CN2c3ccccc3C(=O)C(=CNc3ccc(C)cc3C)S2(=O)=O)c1. The number of anilines is 2. The number of fused-ring (bicyclic) bond motifs is 1. The summed E-state index contributed by atoms with van der Waals surface area (Å²) in [6.07, 6.45) is 1.31. The standard InChI is InChI=1S/C25H24N2O3S/c1-17-7-6-8-20(14-17)16-27-23-10-5-4-9-21(23)25(28)24(31(27,29)30)15-26-22-12-11-18(2)13-19(22)3/h4-15,26H,16H2,1-3H3. The molecule has 1 N–H and O–H groups in total. The fourth-order valence-corrected chi connectivity index (χ4v) is 5.31. The topological polar surface area (TPSA) is 66.5 Å². The number of hydrogen-bond donors (Lipinski definition) is 1. The van der Waals surface area contributed by atoms with Crippen molar-refractivity contribution in [1.29, 1.82) is 0 Å². The molecule has 0 fully saturated rings. The first-order chi connectivity index (χ1) is 14.8. The van der Waals surface area contributed by atoms with Gasteiger partial charge in [-0.25, -0.2) is 8.42 Å². The highest BCUT2D eigenvalue weighted by molar-refractivity contribution is 7.97. The summed E-state index contributed by atoms with van der Waals surface area (Å²) >= 11 is 0. The van der Waals surface area contributed by atoms with Gasteiger partial charge < -0.3 is 5.32 Å². The molecule has 4 rings (SSSR count). The molecule has 6 heteroatoms. The van der Waals surface area contributed by atoms with E-state index in [1.165, 1.54) is 10.5 Å². The molecule has 1 aliphatic rings. The average molecular weight is 433 g/mol. The van der Waals surface area contributed by atoms with Crippen LogP contribution in [0.1, 0.15) is 32.6 Å². The Morgan fingerprint density at radius 3 is 2.39 bits per heavy atom. The van der Waals surface area contributed by atoms with Gasteiger partial charge in [0.15, 0.2) is 4.91 Å². The number of rotatable bonds is 4. The zero-order valence-electron chi connectivity index (χ0n) is 17.7. The number of ketones is 1. The lowest BCUT2D eigenvalue weighted by atomic mass is 10.1. The van der Waals surface area contributed by atoms with Gasteiger partial charge in [-0.1, -0.05) is 59.7 Å². The number of Topliss-reactive ketones (excluding diaryl/α,β-unsaturated/α-hetero) is 1. The molecule has 0 spiro atoms. The van der Waals surface area contributed by atoms with E-state index in [1.807, 2.05) is 63.2 Å². The van der Waals surface area contributed by atoms with Crippen molar-refractivity contribution in [3.8, 4) is 0 Å². The lowest BCUT2D eigenvalue weighted by Crippen LogP contribution is -2.39. The van der Waals surface area contributed by atoms with Crippen molar-refractivity contribution in [2.75, 3.05) is 9.62 Å². The number of sulfonamides is 1. The summed E-state index contributed by atoms with van der Waals surface area (Å²) in [6.45, 7) is 6.04. The average Bonchev–Trinajstić information content (AvgIpc) is 2.72. The maximum absolute atomic E-state index is 13.5. The number of hydrogen-bond acceptors (Lipinski definition) is 4. The quantitative estimate of drug-likeness (QED) is 0.583. The van der Waals surface area contributed by atoms with Crippen molar-refractivity contribution >= 4 is 27.2 Å². The number of aryl methyl sites for hydroxylation is 3. The molecule has 0 saturated heterocycles. The van der Waals surface area contributed by atoms with Gasteiger partial charge in [-0.15, -0.1) is 0 Å². The Bertz CT molecular complexity index is 1310. The molecule has 0 aromatic heterocycles. The minimum absolute atomic E-state index is 0.148. The van der Waals surface area contributed by atoms with E-state index >= 15 is 0 Å². The normalized spacial score (nSPS) is 16.3. The fraction of sp³-hybridized carbons (Fsp3) is 0.160. The van der Waals surface area contributed by atoms with E-state index in [2.05, 4.69) is 5.32 Å². The monoisotopic (exact) mass is 432 g/mol. The zero-order valence-corrected chi connectivity index (χ0v) is 18.5. The molecule has 0 bridgehead atoms. The summed E-state index contributed by atoms with van der Waals surface area (Å²) < 4.78 is 28.4. The Morgan fingerprint density at radius 2 is 1.65 bits per heavy atom. The van der Waals surface area contributed by atoms with E-state index in [-0.39, 0.29) is 11.4 Å². The number of nitrogens with one attached hydrogen (secondary N) is 1.